The van der Waals surface area contributed by atoms with Gasteiger partial charge in [0.25, 0.3) is 0 Å². The van der Waals surface area contributed by atoms with E-state index in [2.05, 4.69) is 13.5 Å². The van der Waals surface area contributed by atoms with Crippen molar-refractivity contribution < 1.29 is 29.7 Å². The van der Waals surface area contributed by atoms with E-state index in [-0.39, 0.29) is 5.57 Å². The molecule has 0 aliphatic heterocycles. The zero-order valence-electron chi connectivity index (χ0n) is 14.1. The maximum Gasteiger partial charge on any atom is 0.331 e. The van der Waals surface area contributed by atoms with Crippen LogP contribution in [0, 0.1) is 5.92 Å². The van der Waals surface area contributed by atoms with Crippen LogP contribution < -0.4 is 0 Å². The fraction of sp³-hybridized carbons (Fsp3) is 0.471. The molecule has 0 saturated heterocycles. The third-order valence-electron chi connectivity index (χ3n) is 3.22. The van der Waals surface area contributed by atoms with Crippen LogP contribution in [0.4, 0.5) is 0 Å². The SMILES string of the molecule is C=C(C(=O)O)C(C)C=CC(=O)O.CCCCC(C)=C(C)C(=O)O. The van der Waals surface area contributed by atoms with Gasteiger partial charge >= 0.3 is 17.9 Å². The van der Waals surface area contributed by atoms with Crippen LogP contribution in [0.15, 0.2) is 35.5 Å². The average Bonchev–Trinajstić information content (AvgIpc) is 2.48. The summed E-state index contributed by atoms with van der Waals surface area (Å²) in [6, 6.07) is 0. The lowest BCUT2D eigenvalue weighted by atomic mass is 10.0. The lowest BCUT2D eigenvalue weighted by Crippen LogP contribution is -2.06. The van der Waals surface area contributed by atoms with E-state index in [9.17, 15) is 14.4 Å². The summed E-state index contributed by atoms with van der Waals surface area (Å²) in [7, 11) is 0. The van der Waals surface area contributed by atoms with Crippen molar-refractivity contribution in [3.05, 3.63) is 35.5 Å². The Morgan fingerprint density at radius 1 is 1.09 bits per heavy atom. The number of carboxylic acids is 3. The first-order valence-electron chi connectivity index (χ1n) is 7.27. The monoisotopic (exact) mass is 326 g/mol. The fourth-order valence-corrected chi connectivity index (χ4v) is 1.35. The molecule has 0 bridgehead atoms. The molecule has 0 aromatic rings. The van der Waals surface area contributed by atoms with E-state index >= 15 is 0 Å². The molecule has 0 amide bonds. The van der Waals surface area contributed by atoms with Gasteiger partial charge in [-0.2, -0.15) is 0 Å². The van der Waals surface area contributed by atoms with Crippen LogP contribution in [0.3, 0.4) is 0 Å². The molecule has 0 radical (unpaired) electrons. The second-order valence-corrected chi connectivity index (χ2v) is 5.13. The van der Waals surface area contributed by atoms with E-state index < -0.39 is 23.8 Å². The fourth-order valence-electron chi connectivity index (χ4n) is 1.35. The minimum absolute atomic E-state index is 0.0208. The predicted octanol–water partition coefficient (Wildman–Crippen LogP) is 3.50. The highest BCUT2D eigenvalue weighted by Gasteiger charge is 2.10. The first-order valence-corrected chi connectivity index (χ1v) is 7.27. The van der Waals surface area contributed by atoms with Gasteiger partial charge in [0.15, 0.2) is 0 Å². The summed E-state index contributed by atoms with van der Waals surface area (Å²) in [4.78, 5) is 30.8. The molecule has 0 fully saturated rings. The predicted molar refractivity (Wildman–Crippen MR) is 88.3 cm³/mol. The number of unbranched alkanes of at least 4 members (excludes halogenated alkanes) is 1. The molecular weight excluding hydrogens is 300 g/mol. The van der Waals surface area contributed by atoms with Crippen molar-refractivity contribution in [3.8, 4) is 0 Å². The highest BCUT2D eigenvalue weighted by atomic mass is 16.4. The number of allylic oxidation sites excluding steroid dienone is 2. The van der Waals surface area contributed by atoms with Gasteiger partial charge in [-0.25, -0.2) is 14.4 Å². The summed E-state index contributed by atoms with van der Waals surface area (Å²) >= 11 is 0. The van der Waals surface area contributed by atoms with Crippen molar-refractivity contribution in [2.45, 2.75) is 47.0 Å². The quantitative estimate of drug-likeness (QED) is 0.588. The zero-order chi connectivity index (χ0) is 18.6. The van der Waals surface area contributed by atoms with Gasteiger partial charge in [0.2, 0.25) is 0 Å². The number of carboxylic acid groups (broad SMARTS) is 3. The molecule has 130 valence electrons. The standard InChI is InChI=1S/C9H16O2.C8H10O4/c1-4-5-6-7(2)8(3)9(10)11;1-5(3-4-7(9)10)6(2)8(11)12/h4-6H2,1-3H3,(H,10,11);3-5H,2H2,1H3,(H,9,10)(H,11,12). The minimum atomic E-state index is -1.11. The molecule has 0 rings (SSSR count). The third-order valence-corrected chi connectivity index (χ3v) is 3.22. The largest absolute Gasteiger partial charge is 0.478 e. The normalized spacial score (nSPS) is 12.7. The zero-order valence-corrected chi connectivity index (χ0v) is 14.1. The molecule has 1 unspecified atom stereocenters. The van der Waals surface area contributed by atoms with Gasteiger partial charge in [0.05, 0.1) is 0 Å². The lowest BCUT2D eigenvalue weighted by Gasteiger charge is -2.03. The summed E-state index contributed by atoms with van der Waals surface area (Å²) in [5.41, 5.74) is 1.48. The molecule has 0 saturated carbocycles. The number of hydrogen-bond donors (Lipinski definition) is 3. The van der Waals surface area contributed by atoms with Gasteiger partial charge in [-0.3, -0.25) is 0 Å². The van der Waals surface area contributed by atoms with Crippen molar-refractivity contribution >= 4 is 17.9 Å². The number of rotatable bonds is 8. The van der Waals surface area contributed by atoms with E-state index in [1.807, 2.05) is 6.92 Å². The van der Waals surface area contributed by atoms with Crippen molar-refractivity contribution in [3.63, 3.8) is 0 Å². The van der Waals surface area contributed by atoms with Crippen LogP contribution >= 0.6 is 0 Å². The van der Waals surface area contributed by atoms with Gasteiger partial charge < -0.3 is 15.3 Å². The first-order chi connectivity index (χ1) is 10.5. The smallest absolute Gasteiger partial charge is 0.331 e. The molecule has 23 heavy (non-hydrogen) atoms. The maximum atomic E-state index is 10.4. The number of hydrogen-bond acceptors (Lipinski definition) is 3. The number of aliphatic carboxylic acids is 3. The second-order valence-electron chi connectivity index (χ2n) is 5.13. The average molecular weight is 326 g/mol. The van der Waals surface area contributed by atoms with E-state index in [0.717, 1.165) is 30.9 Å². The van der Waals surface area contributed by atoms with E-state index in [4.69, 9.17) is 15.3 Å². The lowest BCUT2D eigenvalue weighted by molar-refractivity contribution is -0.133. The van der Waals surface area contributed by atoms with Crippen molar-refractivity contribution in [1.29, 1.82) is 0 Å². The van der Waals surface area contributed by atoms with E-state index in [1.54, 1.807) is 13.8 Å². The Morgan fingerprint density at radius 3 is 1.96 bits per heavy atom. The van der Waals surface area contributed by atoms with E-state index in [1.165, 1.54) is 6.08 Å². The van der Waals surface area contributed by atoms with Gasteiger partial charge in [0, 0.05) is 23.1 Å². The van der Waals surface area contributed by atoms with Gasteiger partial charge in [-0.05, 0) is 26.7 Å². The molecule has 1 atom stereocenters. The Bertz CT molecular complexity index is 499. The summed E-state index contributed by atoms with van der Waals surface area (Å²) < 4.78 is 0. The molecule has 3 N–H and O–H groups in total. The van der Waals surface area contributed by atoms with Crippen molar-refractivity contribution in [1.82, 2.24) is 0 Å². The Labute approximate surface area is 136 Å². The molecular formula is C17H26O6. The Balaban J connectivity index is 0. The maximum absolute atomic E-state index is 10.4. The molecule has 0 aliphatic carbocycles. The van der Waals surface area contributed by atoms with Crippen LogP contribution in [0.5, 0.6) is 0 Å². The summed E-state index contributed by atoms with van der Waals surface area (Å²) in [6.07, 6.45) is 5.28. The Hall–Kier alpha value is -2.37. The number of carbonyl (C=O) groups is 3. The van der Waals surface area contributed by atoms with Crippen LogP contribution in [0.2, 0.25) is 0 Å². The van der Waals surface area contributed by atoms with Crippen LogP contribution in [-0.2, 0) is 14.4 Å². The molecule has 0 spiro atoms. The Kier molecular flexibility index (Phi) is 12.2. The summed E-state index contributed by atoms with van der Waals surface area (Å²) in [6.45, 7) is 10.5. The third kappa shape index (κ3) is 11.9. The highest BCUT2D eigenvalue weighted by molar-refractivity contribution is 5.87. The molecule has 0 heterocycles. The van der Waals surface area contributed by atoms with Gasteiger partial charge in [-0.15, -0.1) is 0 Å². The van der Waals surface area contributed by atoms with Crippen LogP contribution in [0.1, 0.15) is 47.0 Å². The van der Waals surface area contributed by atoms with E-state index in [0.29, 0.717) is 5.57 Å². The first kappa shape index (κ1) is 22.9. The molecule has 0 aromatic carbocycles. The topological polar surface area (TPSA) is 112 Å². The minimum Gasteiger partial charge on any atom is -0.478 e. The van der Waals surface area contributed by atoms with Crippen LogP contribution in [-0.4, -0.2) is 33.2 Å². The summed E-state index contributed by atoms with van der Waals surface area (Å²) in [5.74, 6) is -3.46. The molecule has 6 heteroatoms. The molecule has 0 aliphatic rings. The van der Waals surface area contributed by atoms with Gasteiger partial charge in [0.1, 0.15) is 0 Å². The molecule has 0 aromatic heterocycles. The van der Waals surface area contributed by atoms with Crippen molar-refractivity contribution in [2.75, 3.05) is 0 Å². The summed E-state index contributed by atoms with van der Waals surface area (Å²) in [5, 5.41) is 25.2. The van der Waals surface area contributed by atoms with Crippen LogP contribution in [0.25, 0.3) is 0 Å². The molecule has 6 nitrogen and oxygen atoms in total. The Morgan fingerprint density at radius 2 is 1.61 bits per heavy atom. The van der Waals surface area contributed by atoms with Gasteiger partial charge in [-0.1, -0.05) is 38.5 Å². The second kappa shape index (κ2) is 12.2. The highest BCUT2D eigenvalue weighted by Crippen LogP contribution is 2.11. The van der Waals surface area contributed by atoms with Crippen molar-refractivity contribution in [2.24, 2.45) is 5.92 Å².